The normalized spacial score (nSPS) is 18.0. The molecule has 2 aliphatic rings. The van der Waals surface area contributed by atoms with Crippen LogP contribution in [0.1, 0.15) is 29.5 Å². The van der Waals surface area contributed by atoms with Gasteiger partial charge in [0.05, 0.1) is 6.54 Å². The summed E-state index contributed by atoms with van der Waals surface area (Å²) in [6.45, 7) is 7.53. The summed E-state index contributed by atoms with van der Waals surface area (Å²) in [7, 11) is 0. The van der Waals surface area contributed by atoms with E-state index in [-0.39, 0.29) is 17.5 Å². The summed E-state index contributed by atoms with van der Waals surface area (Å²) in [6.07, 6.45) is 1.44. The van der Waals surface area contributed by atoms with Crippen LogP contribution in [0.25, 0.3) is 11.1 Å². The van der Waals surface area contributed by atoms with Crippen LogP contribution < -0.4 is 4.90 Å². The average Bonchev–Trinajstić information content (AvgIpc) is 3.13. The molecule has 5 heteroatoms. The van der Waals surface area contributed by atoms with Crippen molar-refractivity contribution in [3.8, 4) is 11.1 Å². The van der Waals surface area contributed by atoms with Gasteiger partial charge in [-0.15, -0.1) is 0 Å². The summed E-state index contributed by atoms with van der Waals surface area (Å²) in [5, 5.41) is 0. The Morgan fingerprint density at radius 2 is 1.58 bits per heavy atom. The third-order valence-electron chi connectivity index (χ3n) is 6.94. The lowest BCUT2D eigenvalue weighted by molar-refractivity contribution is -0.000979. The van der Waals surface area contributed by atoms with Crippen molar-refractivity contribution in [2.45, 2.75) is 38.8 Å². The molecule has 2 heterocycles. The van der Waals surface area contributed by atoms with E-state index < -0.39 is 0 Å². The van der Waals surface area contributed by atoms with Crippen LogP contribution in [0.15, 0.2) is 66.7 Å². The van der Waals surface area contributed by atoms with E-state index in [1.165, 1.54) is 34.4 Å². The van der Waals surface area contributed by atoms with Gasteiger partial charge in [0, 0.05) is 38.2 Å². The largest absolute Gasteiger partial charge is 0.441 e. The number of amides is 1. The van der Waals surface area contributed by atoms with Gasteiger partial charge in [-0.25, -0.2) is 9.18 Å². The van der Waals surface area contributed by atoms with Crippen LogP contribution in [0, 0.1) is 19.7 Å². The van der Waals surface area contributed by atoms with Crippen molar-refractivity contribution in [1.29, 1.82) is 0 Å². The molecule has 2 fully saturated rings. The lowest BCUT2D eigenvalue weighted by Gasteiger charge is -2.37. The second kappa shape index (κ2) is 8.64. The molecule has 1 spiro atoms. The third kappa shape index (κ3) is 4.38. The van der Waals surface area contributed by atoms with E-state index in [1.807, 2.05) is 42.5 Å². The number of aryl methyl sites for hydroxylation is 2. The van der Waals surface area contributed by atoms with Gasteiger partial charge in [0.15, 0.2) is 0 Å². The number of halogens is 1. The molecule has 1 amide bonds. The number of anilines is 1. The molecule has 4 nitrogen and oxygen atoms in total. The zero-order valence-electron chi connectivity index (χ0n) is 19.2. The Morgan fingerprint density at radius 1 is 0.939 bits per heavy atom. The molecule has 0 aromatic heterocycles. The molecule has 0 saturated carbocycles. The minimum atomic E-state index is -0.387. The monoisotopic (exact) mass is 444 g/mol. The van der Waals surface area contributed by atoms with Crippen LogP contribution in [0.3, 0.4) is 0 Å². The predicted octanol–water partition coefficient (Wildman–Crippen LogP) is 6.10. The zero-order chi connectivity index (χ0) is 23.0. The highest BCUT2D eigenvalue weighted by Crippen LogP contribution is 2.36. The highest BCUT2D eigenvalue weighted by atomic mass is 19.1. The number of carbonyl (C=O) groups is 1. The van der Waals surface area contributed by atoms with Gasteiger partial charge < -0.3 is 4.74 Å². The van der Waals surface area contributed by atoms with Gasteiger partial charge in [0.1, 0.15) is 11.4 Å². The van der Waals surface area contributed by atoms with Gasteiger partial charge >= 0.3 is 6.09 Å². The minimum absolute atomic E-state index is 0.214. The average molecular weight is 445 g/mol. The highest BCUT2D eigenvalue weighted by Gasteiger charge is 2.47. The molecule has 2 aliphatic heterocycles. The van der Waals surface area contributed by atoms with Gasteiger partial charge in [-0.3, -0.25) is 9.80 Å². The van der Waals surface area contributed by atoms with Gasteiger partial charge in [-0.05, 0) is 65.9 Å². The topological polar surface area (TPSA) is 32.8 Å². The lowest BCUT2D eigenvalue weighted by Crippen LogP contribution is -2.46. The van der Waals surface area contributed by atoms with Crippen molar-refractivity contribution in [3.63, 3.8) is 0 Å². The summed E-state index contributed by atoms with van der Waals surface area (Å²) in [5.41, 5.74) is 6.41. The molecule has 0 aliphatic carbocycles. The van der Waals surface area contributed by atoms with E-state index >= 15 is 0 Å². The molecule has 0 bridgehead atoms. The Labute approximate surface area is 194 Å². The highest BCUT2D eigenvalue weighted by molar-refractivity contribution is 5.90. The fourth-order valence-corrected chi connectivity index (χ4v) is 5.28. The number of ether oxygens (including phenoxy) is 1. The maximum absolute atomic E-state index is 13.3. The maximum atomic E-state index is 13.3. The summed E-state index contributed by atoms with van der Waals surface area (Å²) >= 11 is 0. The Morgan fingerprint density at radius 3 is 2.21 bits per heavy atom. The number of piperidine rings is 1. The number of benzene rings is 3. The minimum Gasteiger partial charge on any atom is -0.441 e. The summed E-state index contributed by atoms with van der Waals surface area (Å²) in [5.74, 6) is -0.214. The van der Waals surface area contributed by atoms with Crippen LogP contribution in [0.2, 0.25) is 0 Å². The summed E-state index contributed by atoms with van der Waals surface area (Å²) in [4.78, 5) is 16.7. The summed E-state index contributed by atoms with van der Waals surface area (Å²) < 4.78 is 19.2. The van der Waals surface area contributed by atoms with Crippen molar-refractivity contribution in [2.24, 2.45) is 0 Å². The van der Waals surface area contributed by atoms with Crippen molar-refractivity contribution >= 4 is 11.8 Å². The second-order valence-corrected chi connectivity index (χ2v) is 9.36. The first-order chi connectivity index (χ1) is 15.9. The van der Waals surface area contributed by atoms with Gasteiger partial charge in [-0.2, -0.15) is 0 Å². The molecule has 0 unspecified atom stereocenters. The quantitative estimate of drug-likeness (QED) is 0.487. The smallest absolute Gasteiger partial charge is 0.415 e. The molecule has 3 aromatic rings. The van der Waals surface area contributed by atoms with Crippen LogP contribution in [0.5, 0.6) is 0 Å². The van der Waals surface area contributed by atoms with Gasteiger partial charge in [-0.1, -0.05) is 42.5 Å². The third-order valence-corrected chi connectivity index (χ3v) is 6.94. The van der Waals surface area contributed by atoms with Crippen molar-refractivity contribution < 1.29 is 13.9 Å². The Kier molecular flexibility index (Phi) is 5.67. The molecule has 0 N–H and O–H groups in total. The molecule has 170 valence electrons. The predicted molar refractivity (Wildman–Crippen MR) is 129 cm³/mol. The Bertz CT molecular complexity index is 1130. The SMILES string of the molecule is Cc1cc(CN2CCC3(CC2)CN(c2ccccc2)C(=O)O3)cc(C)c1-c1ccc(F)cc1. The van der Waals surface area contributed by atoms with Crippen LogP contribution >= 0.6 is 0 Å². The number of para-hydroxylation sites is 1. The van der Waals surface area contributed by atoms with E-state index in [0.717, 1.165) is 43.7 Å². The van der Waals surface area contributed by atoms with Crippen molar-refractivity contribution in [3.05, 3.63) is 89.2 Å². The van der Waals surface area contributed by atoms with Crippen LogP contribution in [-0.2, 0) is 11.3 Å². The maximum Gasteiger partial charge on any atom is 0.415 e. The zero-order valence-corrected chi connectivity index (χ0v) is 19.2. The van der Waals surface area contributed by atoms with Crippen LogP contribution in [0.4, 0.5) is 14.9 Å². The number of nitrogens with zero attached hydrogens (tertiary/aromatic N) is 2. The molecule has 0 radical (unpaired) electrons. The molecular weight excluding hydrogens is 415 g/mol. The van der Waals surface area contributed by atoms with E-state index in [0.29, 0.717) is 6.54 Å². The van der Waals surface area contributed by atoms with Gasteiger partial charge in [0.2, 0.25) is 0 Å². The second-order valence-electron chi connectivity index (χ2n) is 9.36. The summed E-state index contributed by atoms with van der Waals surface area (Å²) in [6, 6.07) is 20.9. The molecule has 2 saturated heterocycles. The number of likely N-dealkylation sites (tertiary alicyclic amines) is 1. The number of carbonyl (C=O) groups excluding carboxylic acids is 1. The van der Waals surface area contributed by atoms with Crippen molar-refractivity contribution in [1.82, 2.24) is 4.90 Å². The van der Waals surface area contributed by atoms with E-state index in [1.54, 1.807) is 4.90 Å². The van der Waals surface area contributed by atoms with Crippen molar-refractivity contribution in [2.75, 3.05) is 24.5 Å². The Hall–Kier alpha value is -3.18. The first-order valence-electron chi connectivity index (χ1n) is 11.6. The van der Waals surface area contributed by atoms with E-state index in [2.05, 4.69) is 30.9 Å². The standard InChI is InChI=1S/C28H29FN2O2/c1-20-16-22(17-21(2)26(20)23-8-10-24(29)11-9-23)18-30-14-12-28(13-15-30)19-31(27(32)33-28)25-6-4-3-5-7-25/h3-11,16-17H,12-15,18-19H2,1-2H3. The van der Waals surface area contributed by atoms with E-state index in [4.69, 9.17) is 4.74 Å². The Balaban J connectivity index is 1.24. The van der Waals surface area contributed by atoms with Crippen LogP contribution in [-0.4, -0.2) is 36.2 Å². The fourth-order valence-electron chi connectivity index (χ4n) is 5.28. The fraction of sp³-hybridized carbons (Fsp3) is 0.321. The van der Waals surface area contributed by atoms with E-state index in [9.17, 15) is 9.18 Å². The number of hydrogen-bond acceptors (Lipinski definition) is 3. The first-order valence-corrected chi connectivity index (χ1v) is 11.6. The molecular formula is C28H29FN2O2. The van der Waals surface area contributed by atoms with Gasteiger partial charge in [0.25, 0.3) is 0 Å². The molecule has 5 rings (SSSR count). The molecule has 3 aromatic carbocycles. The first kappa shape index (κ1) is 21.7. The molecule has 0 atom stereocenters. The lowest BCUT2D eigenvalue weighted by atomic mass is 9.90. The number of rotatable bonds is 4. The number of hydrogen-bond donors (Lipinski definition) is 0. The molecule has 33 heavy (non-hydrogen) atoms.